The van der Waals surface area contributed by atoms with Gasteiger partial charge in [0.05, 0.1) is 5.56 Å². The van der Waals surface area contributed by atoms with Crippen molar-refractivity contribution in [3.63, 3.8) is 0 Å². The van der Waals surface area contributed by atoms with E-state index in [2.05, 4.69) is 17.4 Å². The van der Waals surface area contributed by atoms with Gasteiger partial charge in [-0.05, 0) is 54.3 Å². The zero-order chi connectivity index (χ0) is 19.9. The van der Waals surface area contributed by atoms with E-state index in [9.17, 15) is 13.2 Å². The second-order valence-electron chi connectivity index (χ2n) is 5.47. The van der Waals surface area contributed by atoms with Gasteiger partial charge in [-0.1, -0.05) is 44.2 Å². The van der Waals surface area contributed by atoms with Crippen LogP contribution in [-0.2, 0) is 6.18 Å². The minimum atomic E-state index is -4.32. The van der Waals surface area contributed by atoms with Crippen LogP contribution in [-0.4, -0.2) is 6.26 Å². The maximum atomic E-state index is 12.7. The molecule has 0 spiro atoms. The van der Waals surface area contributed by atoms with Crippen molar-refractivity contribution in [2.45, 2.75) is 24.9 Å². The summed E-state index contributed by atoms with van der Waals surface area (Å²) in [7, 11) is 0. The predicted molar refractivity (Wildman–Crippen MR) is 110 cm³/mol. The van der Waals surface area contributed by atoms with Gasteiger partial charge in [0.25, 0.3) is 0 Å². The molecule has 0 saturated carbocycles. The molecule has 1 N–H and O–H groups in total. The standard InChI is InChI=1S/C20H16F3NS.C2H6/c1-25-17-12-6-14(7-13-17)18-4-2-3-5-19(18)24-16-10-8-15(9-11-16)20(21,22)23;1-2/h2-13,24H,1H3;1-2H3. The molecule has 0 unspecified atom stereocenters. The first-order chi connectivity index (χ1) is 13.0. The predicted octanol–water partition coefficient (Wildman–Crippen LogP) is 7.86. The van der Waals surface area contributed by atoms with Crippen LogP contribution in [0.15, 0.2) is 77.7 Å². The van der Waals surface area contributed by atoms with E-state index >= 15 is 0 Å². The lowest BCUT2D eigenvalue weighted by Gasteiger charge is -2.13. The van der Waals surface area contributed by atoms with Crippen molar-refractivity contribution in [3.8, 4) is 11.1 Å². The molecule has 1 nitrogen and oxygen atoms in total. The summed E-state index contributed by atoms with van der Waals surface area (Å²) in [6, 6.07) is 21.0. The van der Waals surface area contributed by atoms with Gasteiger partial charge in [-0.3, -0.25) is 0 Å². The summed E-state index contributed by atoms with van der Waals surface area (Å²) < 4.78 is 38.0. The molecule has 0 fully saturated rings. The Morgan fingerprint density at radius 1 is 0.778 bits per heavy atom. The Hall–Kier alpha value is -2.40. The van der Waals surface area contributed by atoms with Crippen molar-refractivity contribution in [2.24, 2.45) is 0 Å². The molecule has 0 saturated heterocycles. The average molecular weight is 389 g/mol. The van der Waals surface area contributed by atoms with Gasteiger partial charge in [0.15, 0.2) is 0 Å². The Bertz CT molecular complexity index is 841. The lowest BCUT2D eigenvalue weighted by atomic mass is 10.0. The van der Waals surface area contributed by atoms with E-state index in [1.165, 1.54) is 17.0 Å². The number of halogens is 3. The van der Waals surface area contributed by atoms with E-state index in [1.807, 2.05) is 56.5 Å². The normalized spacial score (nSPS) is 10.7. The van der Waals surface area contributed by atoms with Crippen LogP contribution in [0.25, 0.3) is 11.1 Å². The number of thioether (sulfide) groups is 1. The van der Waals surface area contributed by atoms with Gasteiger partial charge in [-0.25, -0.2) is 0 Å². The van der Waals surface area contributed by atoms with Crippen LogP contribution in [0.5, 0.6) is 0 Å². The van der Waals surface area contributed by atoms with E-state index in [1.54, 1.807) is 11.8 Å². The van der Waals surface area contributed by atoms with Gasteiger partial charge in [0.1, 0.15) is 0 Å². The molecule has 0 amide bonds. The number of hydrogen-bond acceptors (Lipinski definition) is 2. The van der Waals surface area contributed by atoms with Crippen LogP contribution in [0.1, 0.15) is 19.4 Å². The molecule has 5 heteroatoms. The fraction of sp³-hybridized carbons (Fsp3) is 0.182. The van der Waals surface area contributed by atoms with Gasteiger partial charge in [0, 0.05) is 21.8 Å². The number of rotatable bonds is 4. The molecule has 0 heterocycles. The Balaban J connectivity index is 0.00000126. The summed E-state index contributed by atoms with van der Waals surface area (Å²) in [6.07, 6.45) is -2.30. The zero-order valence-electron chi connectivity index (χ0n) is 15.5. The second-order valence-corrected chi connectivity index (χ2v) is 6.35. The average Bonchev–Trinajstić information content (AvgIpc) is 2.70. The number of para-hydroxylation sites is 1. The number of alkyl halides is 3. The lowest BCUT2D eigenvalue weighted by Crippen LogP contribution is -2.04. The van der Waals surface area contributed by atoms with E-state index in [-0.39, 0.29) is 0 Å². The minimum absolute atomic E-state index is 0.612. The zero-order valence-corrected chi connectivity index (χ0v) is 16.3. The molecule has 27 heavy (non-hydrogen) atoms. The fourth-order valence-corrected chi connectivity index (χ4v) is 2.92. The third kappa shape index (κ3) is 5.54. The number of benzene rings is 3. The summed E-state index contributed by atoms with van der Waals surface area (Å²) in [6.45, 7) is 4.00. The number of hydrogen-bond donors (Lipinski definition) is 1. The molecule has 142 valence electrons. The number of nitrogens with one attached hydrogen (secondary N) is 1. The quantitative estimate of drug-likeness (QED) is 0.456. The van der Waals surface area contributed by atoms with Gasteiger partial charge in [0.2, 0.25) is 0 Å². The van der Waals surface area contributed by atoms with Crippen molar-refractivity contribution < 1.29 is 13.2 Å². The van der Waals surface area contributed by atoms with Crippen LogP contribution in [0.3, 0.4) is 0 Å². The molecular weight excluding hydrogens is 367 g/mol. The summed E-state index contributed by atoms with van der Waals surface area (Å²) in [5.41, 5.74) is 2.85. The maximum Gasteiger partial charge on any atom is 0.416 e. The highest BCUT2D eigenvalue weighted by molar-refractivity contribution is 7.98. The SMILES string of the molecule is CC.CSc1ccc(-c2ccccc2Nc2ccc(C(F)(F)F)cc2)cc1. The highest BCUT2D eigenvalue weighted by atomic mass is 32.2. The van der Waals surface area contributed by atoms with Crippen molar-refractivity contribution in [1.29, 1.82) is 0 Å². The van der Waals surface area contributed by atoms with Crippen LogP contribution >= 0.6 is 11.8 Å². The Morgan fingerprint density at radius 3 is 1.93 bits per heavy atom. The van der Waals surface area contributed by atoms with E-state index < -0.39 is 11.7 Å². The molecule has 0 atom stereocenters. The van der Waals surface area contributed by atoms with Gasteiger partial charge >= 0.3 is 6.18 Å². The fourth-order valence-electron chi connectivity index (χ4n) is 2.51. The largest absolute Gasteiger partial charge is 0.416 e. The summed E-state index contributed by atoms with van der Waals surface area (Å²) in [5.74, 6) is 0. The van der Waals surface area contributed by atoms with E-state index in [4.69, 9.17) is 0 Å². The molecule has 0 aliphatic rings. The summed E-state index contributed by atoms with van der Waals surface area (Å²) in [4.78, 5) is 1.18. The molecule has 0 aliphatic heterocycles. The first kappa shape index (κ1) is 20.9. The third-order valence-corrected chi connectivity index (χ3v) is 4.56. The molecule has 3 aromatic carbocycles. The first-order valence-electron chi connectivity index (χ1n) is 8.65. The van der Waals surface area contributed by atoms with Crippen LogP contribution < -0.4 is 5.32 Å². The van der Waals surface area contributed by atoms with Crippen molar-refractivity contribution >= 4 is 23.1 Å². The van der Waals surface area contributed by atoms with E-state index in [0.717, 1.165) is 28.9 Å². The summed E-state index contributed by atoms with van der Waals surface area (Å²) >= 11 is 1.68. The van der Waals surface area contributed by atoms with Gasteiger partial charge < -0.3 is 5.32 Å². The maximum absolute atomic E-state index is 12.7. The van der Waals surface area contributed by atoms with Crippen LogP contribution in [0.4, 0.5) is 24.5 Å². The Morgan fingerprint density at radius 2 is 1.37 bits per heavy atom. The molecule has 0 aromatic heterocycles. The molecule has 0 bridgehead atoms. The van der Waals surface area contributed by atoms with Crippen molar-refractivity contribution in [3.05, 3.63) is 78.4 Å². The summed E-state index contributed by atoms with van der Waals surface area (Å²) in [5, 5.41) is 3.21. The first-order valence-corrected chi connectivity index (χ1v) is 9.87. The molecular formula is C22H22F3NS. The Labute approximate surface area is 162 Å². The molecule has 3 rings (SSSR count). The minimum Gasteiger partial charge on any atom is -0.355 e. The van der Waals surface area contributed by atoms with Gasteiger partial charge in [-0.2, -0.15) is 13.2 Å². The third-order valence-electron chi connectivity index (χ3n) is 3.82. The highest BCUT2D eigenvalue weighted by Crippen LogP contribution is 2.33. The van der Waals surface area contributed by atoms with Crippen molar-refractivity contribution in [1.82, 2.24) is 0 Å². The molecule has 0 aliphatic carbocycles. The second kappa shape index (κ2) is 9.51. The van der Waals surface area contributed by atoms with Crippen LogP contribution in [0.2, 0.25) is 0 Å². The topological polar surface area (TPSA) is 12.0 Å². The van der Waals surface area contributed by atoms with Gasteiger partial charge in [-0.15, -0.1) is 11.8 Å². The molecule has 0 radical (unpaired) electrons. The van der Waals surface area contributed by atoms with E-state index in [0.29, 0.717) is 5.69 Å². The van der Waals surface area contributed by atoms with Crippen molar-refractivity contribution in [2.75, 3.05) is 11.6 Å². The Kier molecular flexibility index (Phi) is 7.36. The van der Waals surface area contributed by atoms with Crippen LogP contribution in [0, 0.1) is 0 Å². The lowest BCUT2D eigenvalue weighted by molar-refractivity contribution is -0.137. The smallest absolute Gasteiger partial charge is 0.355 e. The monoisotopic (exact) mass is 389 g/mol. The molecule has 3 aromatic rings. The highest BCUT2D eigenvalue weighted by Gasteiger charge is 2.29. The number of anilines is 2.